The Kier molecular flexibility index (Phi) is 5.79. The van der Waals surface area contributed by atoms with Gasteiger partial charge in [0.25, 0.3) is 5.91 Å². The van der Waals surface area contributed by atoms with Crippen molar-refractivity contribution in [1.82, 2.24) is 14.8 Å². The first-order valence-corrected chi connectivity index (χ1v) is 8.70. The quantitative estimate of drug-likeness (QED) is 0.840. The molecule has 5 heteroatoms. The second-order valence-electron chi connectivity index (χ2n) is 6.42. The van der Waals surface area contributed by atoms with E-state index in [4.69, 9.17) is 4.74 Å². The van der Waals surface area contributed by atoms with Gasteiger partial charge in [0.1, 0.15) is 0 Å². The Morgan fingerprint density at radius 3 is 2.48 bits per heavy atom. The predicted octanol–water partition coefficient (Wildman–Crippen LogP) is 2.75. The van der Waals surface area contributed by atoms with Crippen LogP contribution in [0.15, 0.2) is 48.8 Å². The SMILES string of the molecule is COCc1ccc(C(=O)N2CCN(C(C)c3cccnc3)CC2)cc1. The lowest BCUT2D eigenvalue weighted by atomic mass is 10.1. The van der Waals surface area contributed by atoms with E-state index in [2.05, 4.69) is 22.9 Å². The third-order valence-corrected chi connectivity index (χ3v) is 4.83. The van der Waals surface area contributed by atoms with E-state index >= 15 is 0 Å². The summed E-state index contributed by atoms with van der Waals surface area (Å²) in [6.07, 6.45) is 3.72. The molecule has 0 spiro atoms. The molecule has 1 aromatic carbocycles. The molecule has 1 unspecified atom stereocenters. The van der Waals surface area contributed by atoms with Crippen molar-refractivity contribution in [2.45, 2.75) is 19.6 Å². The normalized spacial score (nSPS) is 16.6. The molecule has 1 fully saturated rings. The van der Waals surface area contributed by atoms with Crippen LogP contribution >= 0.6 is 0 Å². The van der Waals surface area contributed by atoms with Gasteiger partial charge in [-0.2, -0.15) is 0 Å². The average molecular weight is 339 g/mol. The number of piperazine rings is 1. The number of hydrogen-bond donors (Lipinski definition) is 0. The molecule has 0 bridgehead atoms. The number of carbonyl (C=O) groups excluding carboxylic acids is 1. The van der Waals surface area contributed by atoms with Crippen LogP contribution in [0.5, 0.6) is 0 Å². The number of nitrogens with zero attached hydrogens (tertiary/aromatic N) is 3. The van der Waals surface area contributed by atoms with Gasteiger partial charge < -0.3 is 9.64 Å². The van der Waals surface area contributed by atoms with Crippen LogP contribution in [0, 0.1) is 0 Å². The van der Waals surface area contributed by atoms with E-state index in [-0.39, 0.29) is 5.91 Å². The summed E-state index contributed by atoms with van der Waals surface area (Å²) < 4.78 is 5.11. The zero-order valence-corrected chi connectivity index (χ0v) is 14.9. The average Bonchev–Trinajstić information content (AvgIpc) is 2.68. The number of aromatic nitrogens is 1. The molecular formula is C20H25N3O2. The fourth-order valence-corrected chi connectivity index (χ4v) is 3.24. The van der Waals surface area contributed by atoms with Crippen molar-refractivity contribution in [3.8, 4) is 0 Å². The fraction of sp³-hybridized carbons (Fsp3) is 0.400. The number of pyridine rings is 1. The minimum Gasteiger partial charge on any atom is -0.380 e. The van der Waals surface area contributed by atoms with Crippen molar-refractivity contribution in [2.24, 2.45) is 0 Å². The highest BCUT2D eigenvalue weighted by molar-refractivity contribution is 5.94. The lowest BCUT2D eigenvalue weighted by Crippen LogP contribution is -2.49. The van der Waals surface area contributed by atoms with Gasteiger partial charge >= 0.3 is 0 Å². The molecule has 0 N–H and O–H groups in total. The van der Waals surface area contributed by atoms with E-state index in [0.29, 0.717) is 12.6 Å². The zero-order valence-electron chi connectivity index (χ0n) is 14.9. The highest BCUT2D eigenvalue weighted by Gasteiger charge is 2.25. The smallest absolute Gasteiger partial charge is 0.253 e. The Balaban J connectivity index is 1.57. The minimum absolute atomic E-state index is 0.109. The molecule has 25 heavy (non-hydrogen) atoms. The number of hydrogen-bond acceptors (Lipinski definition) is 4. The van der Waals surface area contributed by atoms with Crippen LogP contribution in [0.4, 0.5) is 0 Å². The highest BCUT2D eigenvalue weighted by atomic mass is 16.5. The summed E-state index contributed by atoms with van der Waals surface area (Å²) in [5.41, 5.74) is 3.04. The summed E-state index contributed by atoms with van der Waals surface area (Å²) in [4.78, 5) is 21.2. The van der Waals surface area contributed by atoms with Crippen LogP contribution in [-0.2, 0) is 11.3 Å². The molecule has 1 aliphatic heterocycles. The maximum Gasteiger partial charge on any atom is 0.253 e. The van der Waals surface area contributed by atoms with E-state index < -0.39 is 0 Å². The van der Waals surface area contributed by atoms with Crippen molar-refractivity contribution >= 4 is 5.91 Å². The summed E-state index contributed by atoms with van der Waals surface area (Å²) in [7, 11) is 1.67. The molecule has 1 saturated heterocycles. The monoisotopic (exact) mass is 339 g/mol. The first-order valence-electron chi connectivity index (χ1n) is 8.70. The van der Waals surface area contributed by atoms with Gasteiger partial charge in [-0.1, -0.05) is 18.2 Å². The maximum atomic E-state index is 12.7. The van der Waals surface area contributed by atoms with Gasteiger partial charge in [-0.15, -0.1) is 0 Å². The third kappa shape index (κ3) is 4.24. The summed E-state index contributed by atoms with van der Waals surface area (Å²) >= 11 is 0. The number of carbonyl (C=O) groups is 1. The molecule has 2 aromatic rings. The standard InChI is InChI=1S/C20H25N3O2/c1-16(19-4-3-9-21-14-19)22-10-12-23(13-11-22)20(24)18-7-5-17(6-8-18)15-25-2/h3-9,14,16H,10-13,15H2,1-2H3. The molecule has 2 heterocycles. The van der Waals surface area contributed by atoms with E-state index in [0.717, 1.165) is 37.3 Å². The summed E-state index contributed by atoms with van der Waals surface area (Å²) in [6.45, 7) is 6.03. The summed E-state index contributed by atoms with van der Waals surface area (Å²) in [5.74, 6) is 0.109. The largest absolute Gasteiger partial charge is 0.380 e. The Labute approximate surface area is 149 Å². The van der Waals surface area contributed by atoms with E-state index in [1.54, 1.807) is 13.3 Å². The van der Waals surface area contributed by atoms with Crippen LogP contribution in [0.3, 0.4) is 0 Å². The molecule has 0 saturated carbocycles. The van der Waals surface area contributed by atoms with E-state index in [1.165, 1.54) is 5.56 Å². The molecule has 3 rings (SSSR count). The summed E-state index contributed by atoms with van der Waals surface area (Å²) in [5, 5.41) is 0. The Hall–Kier alpha value is -2.24. The molecular weight excluding hydrogens is 314 g/mol. The molecule has 1 aliphatic rings. The maximum absolute atomic E-state index is 12.7. The van der Waals surface area contributed by atoms with Crippen molar-refractivity contribution in [2.75, 3.05) is 33.3 Å². The molecule has 0 aliphatic carbocycles. The molecule has 1 amide bonds. The second-order valence-corrected chi connectivity index (χ2v) is 6.42. The van der Waals surface area contributed by atoms with Crippen LogP contribution in [0.1, 0.15) is 34.5 Å². The molecule has 0 radical (unpaired) electrons. The molecule has 5 nitrogen and oxygen atoms in total. The van der Waals surface area contributed by atoms with E-state index in [1.807, 2.05) is 41.4 Å². The topological polar surface area (TPSA) is 45.7 Å². The van der Waals surface area contributed by atoms with Crippen molar-refractivity contribution in [3.63, 3.8) is 0 Å². The van der Waals surface area contributed by atoms with Crippen LogP contribution in [0.2, 0.25) is 0 Å². The second kappa shape index (κ2) is 8.23. The summed E-state index contributed by atoms with van der Waals surface area (Å²) in [6, 6.07) is 12.1. The molecule has 132 valence electrons. The van der Waals surface area contributed by atoms with Crippen LogP contribution in [-0.4, -0.2) is 54.0 Å². The van der Waals surface area contributed by atoms with Crippen LogP contribution in [0.25, 0.3) is 0 Å². The third-order valence-electron chi connectivity index (χ3n) is 4.83. The van der Waals surface area contributed by atoms with Gasteiger partial charge in [-0.05, 0) is 36.2 Å². The lowest BCUT2D eigenvalue weighted by Gasteiger charge is -2.38. The van der Waals surface area contributed by atoms with E-state index in [9.17, 15) is 4.79 Å². The zero-order chi connectivity index (χ0) is 17.6. The Morgan fingerprint density at radius 1 is 1.16 bits per heavy atom. The minimum atomic E-state index is 0.109. The van der Waals surface area contributed by atoms with Crippen molar-refractivity contribution < 1.29 is 9.53 Å². The van der Waals surface area contributed by atoms with Crippen molar-refractivity contribution in [1.29, 1.82) is 0 Å². The van der Waals surface area contributed by atoms with Gasteiger partial charge in [0.2, 0.25) is 0 Å². The first kappa shape index (κ1) is 17.6. The first-order chi connectivity index (χ1) is 12.2. The van der Waals surface area contributed by atoms with Gasteiger partial charge in [0.15, 0.2) is 0 Å². The fourth-order valence-electron chi connectivity index (χ4n) is 3.24. The Bertz CT molecular complexity index is 680. The van der Waals surface area contributed by atoms with Crippen molar-refractivity contribution in [3.05, 3.63) is 65.5 Å². The van der Waals surface area contributed by atoms with Gasteiger partial charge in [0, 0.05) is 57.3 Å². The number of benzene rings is 1. The van der Waals surface area contributed by atoms with Gasteiger partial charge in [-0.25, -0.2) is 0 Å². The number of methoxy groups -OCH3 is 1. The van der Waals surface area contributed by atoms with Gasteiger partial charge in [0.05, 0.1) is 6.61 Å². The van der Waals surface area contributed by atoms with Crippen LogP contribution < -0.4 is 0 Å². The predicted molar refractivity (Wildman–Crippen MR) is 97.3 cm³/mol. The molecule has 1 aromatic heterocycles. The number of ether oxygens (including phenoxy) is 1. The lowest BCUT2D eigenvalue weighted by molar-refractivity contribution is 0.0582. The Morgan fingerprint density at radius 2 is 1.88 bits per heavy atom. The van der Waals surface area contributed by atoms with Gasteiger partial charge in [-0.3, -0.25) is 14.7 Å². The highest BCUT2D eigenvalue weighted by Crippen LogP contribution is 2.21. The molecule has 1 atom stereocenters. The number of rotatable bonds is 5. The number of amides is 1.